The molecule has 6 N–H and O–H groups in total. The van der Waals surface area contributed by atoms with Gasteiger partial charge in [-0.1, -0.05) is 38.1 Å². The molecule has 12 nitrogen and oxygen atoms in total. The van der Waals surface area contributed by atoms with Crippen molar-refractivity contribution in [2.75, 3.05) is 49.7 Å². The van der Waals surface area contributed by atoms with E-state index in [-0.39, 0.29) is 29.2 Å². The van der Waals surface area contributed by atoms with Crippen LogP contribution in [0.1, 0.15) is 98.2 Å². The number of rotatable bonds is 23. The highest BCUT2D eigenvalue weighted by molar-refractivity contribution is 7.99. The molecular weight excluding hydrogens is 836 g/mol. The first-order chi connectivity index (χ1) is 29.8. The van der Waals surface area contributed by atoms with Crippen molar-refractivity contribution in [3.8, 4) is 11.3 Å². The van der Waals surface area contributed by atoms with E-state index in [1.54, 1.807) is 30.0 Å². The molecule has 0 fully saturated rings. The lowest BCUT2D eigenvalue weighted by atomic mass is 9.99. The Kier molecular flexibility index (Phi) is 18.1. The number of thioether (sulfide) groups is 1. The van der Waals surface area contributed by atoms with Crippen molar-refractivity contribution >= 4 is 40.9 Å². The maximum Gasteiger partial charge on any atom is 0.416 e. The van der Waals surface area contributed by atoms with E-state index in [1.807, 2.05) is 58.0 Å². The average Bonchev–Trinajstić information content (AvgIpc) is 3.26. The molecule has 0 aliphatic rings. The number of amides is 3. The number of aromatic nitrogens is 1. The highest BCUT2D eigenvalue weighted by Crippen LogP contribution is 2.35. The van der Waals surface area contributed by atoms with Crippen LogP contribution in [-0.4, -0.2) is 93.4 Å². The van der Waals surface area contributed by atoms with Crippen LogP contribution in [0.3, 0.4) is 0 Å². The number of nitrogens with zero attached hydrogens (tertiary/aromatic N) is 2. The summed E-state index contributed by atoms with van der Waals surface area (Å²) in [6.45, 7) is 12.1. The second-order valence-corrected chi connectivity index (χ2v) is 18.3. The van der Waals surface area contributed by atoms with Gasteiger partial charge in [0.25, 0.3) is 11.8 Å². The second kappa shape index (κ2) is 22.6. The van der Waals surface area contributed by atoms with Crippen molar-refractivity contribution in [3.63, 3.8) is 0 Å². The number of ether oxygens (including phenoxy) is 1. The van der Waals surface area contributed by atoms with Gasteiger partial charge in [-0.15, -0.1) is 0 Å². The van der Waals surface area contributed by atoms with E-state index in [4.69, 9.17) is 4.74 Å². The third-order valence-electron chi connectivity index (χ3n) is 10.7. The zero-order valence-corrected chi connectivity index (χ0v) is 37.6. The molecule has 16 heteroatoms. The zero-order chi connectivity index (χ0) is 46.4. The number of aliphatic hydroxyl groups excluding tert-OH is 3. The first kappa shape index (κ1) is 50.6. The number of pyridine rings is 1. The number of aliphatic hydroxyl groups is 3. The molecule has 0 radical (unpaired) electrons. The first-order valence-electron chi connectivity index (χ1n) is 20.9. The summed E-state index contributed by atoms with van der Waals surface area (Å²) in [6.07, 6.45) is -1.85. The Morgan fingerprint density at radius 3 is 2.13 bits per heavy atom. The largest absolute Gasteiger partial charge is 0.416 e. The lowest BCUT2D eigenvalue weighted by Crippen LogP contribution is -2.57. The fraction of sp³-hybridized carbons (Fsp3) is 0.447. The van der Waals surface area contributed by atoms with Gasteiger partial charge in [0.05, 0.1) is 42.4 Å². The van der Waals surface area contributed by atoms with Crippen molar-refractivity contribution in [2.45, 2.75) is 95.2 Å². The van der Waals surface area contributed by atoms with E-state index in [2.05, 4.69) is 39.7 Å². The summed E-state index contributed by atoms with van der Waals surface area (Å²) in [6, 6.07) is 20.9. The Labute approximate surface area is 372 Å². The maximum absolute atomic E-state index is 13.9. The van der Waals surface area contributed by atoms with Gasteiger partial charge in [-0.25, -0.2) is 0 Å². The number of halogens is 3. The third kappa shape index (κ3) is 15.1. The van der Waals surface area contributed by atoms with Gasteiger partial charge in [0.1, 0.15) is 5.54 Å². The lowest BCUT2D eigenvalue weighted by molar-refractivity contribution is -0.137. The van der Waals surface area contributed by atoms with Gasteiger partial charge >= 0.3 is 6.18 Å². The molecule has 3 amide bonds. The van der Waals surface area contributed by atoms with E-state index >= 15 is 0 Å². The number of hydrogen-bond donors (Lipinski definition) is 6. The van der Waals surface area contributed by atoms with Crippen LogP contribution in [0.4, 0.5) is 24.5 Å². The normalized spacial score (nSPS) is 12.2. The zero-order valence-electron chi connectivity index (χ0n) is 36.8. The molecule has 0 saturated heterocycles. The van der Waals surface area contributed by atoms with Gasteiger partial charge in [-0.05, 0) is 106 Å². The van der Waals surface area contributed by atoms with Crippen molar-refractivity contribution < 1.29 is 47.6 Å². The molecule has 342 valence electrons. The minimum absolute atomic E-state index is 0.0834. The molecule has 1 aromatic heterocycles. The number of carbonyl (C=O) groups is 3. The summed E-state index contributed by atoms with van der Waals surface area (Å²) in [7, 11) is 0. The third-order valence-corrected chi connectivity index (χ3v) is 12.1. The molecule has 63 heavy (non-hydrogen) atoms. The molecular formula is C47H60F3N5O7S. The number of hydrogen-bond acceptors (Lipinski definition) is 10. The van der Waals surface area contributed by atoms with Crippen LogP contribution in [0, 0.1) is 0 Å². The molecule has 0 saturated carbocycles. The molecule has 0 unspecified atom stereocenters. The van der Waals surface area contributed by atoms with Gasteiger partial charge in [0.15, 0.2) is 0 Å². The Balaban J connectivity index is 1.41. The molecule has 0 aliphatic heterocycles. The second-order valence-electron chi connectivity index (χ2n) is 16.6. The van der Waals surface area contributed by atoms with E-state index < -0.39 is 54.5 Å². The standard InChI is InChI=1S/C47H60F3N5O7S/c1-7-55(8-2)37-15-16-39(38(26-37)40-25-35(18-21-51-40)42(60)52-27-32-11-10-14-36(24-32)47(48,49)50)53-43(61)34-13-9-12-33(23-34)28-63-45(5,6)20-22-62-44(3,4)19-17-41(59)54-46(29-56,30-57)31-58/h9-16,18,21,23-26,56-58H,7-8,17,19-20,22,27-31H2,1-6H3,(H,52,60)(H,53,61)(H,54,59). The van der Waals surface area contributed by atoms with Gasteiger partial charge in [0.2, 0.25) is 5.91 Å². The Bertz CT molecular complexity index is 2150. The summed E-state index contributed by atoms with van der Waals surface area (Å²) >= 11 is 1.72. The van der Waals surface area contributed by atoms with Gasteiger partial charge in [-0.3, -0.25) is 19.4 Å². The number of anilines is 2. The number of nitrogens with one attached hydrogen (secondary N) is 3. The van der Waals surface area contributed by atoms with Crippen molar-refractivity contribution in [1.82, 2.24) is 15.6 Å². The summed E-state index contributed by atoms with van der Waals surface area (Å²) in [5, 5.41) is 36.7. The van der Waals surface area contributed by atoms with Gasteiger partial charge in [0, 0.05) is 71.7 Å². The highest BCUT2D eigenvalue weighted by atomic mass is 32.2. The smallest absolute Gasteiger partial charge is 0.394 e. The molecule has 0 atom stereocenters. The molecule has 1 heterocycles. The van der Waals surface area contributed by atoms with Crippen LogP contribution in [-0.2, 0) is 28.0 Å². The van der Waals surface area contributed by atoms with Crippen LogP contribution < -0.4 is 20.9 Å². The van der Waals surface area contributed by atoms with Gasteiger partial charge < -0.3 is 40.9 Å². The minimum atomic E-state index is -4.50. The summed E-state index contributed by atoms with van der Waals surface area (Å²) in [5.74, 6) is -0.626. The summed E-state index contributed by atoms with van der Waals surface area (Å²) in [5.41, 5.74) is 1.40. The average molecular weight is 896 g/mol. The number of alkyl halides is 3. The maximum atomic E-state index is 13.9. The summed E-state index contributed by atoms with van der Waals surface area (Å²) < 4.78 is 45.7. The van der Waals surface area contributed by atoms with Crippen LogP contribution in [0.25, 0.3) is 11.3 Å². The van der Waals surface area contributed by atoms with E-state index in [1.165, 1.54) is 24.4 Å². The van der Waals surface area contributed by atoms with E-state index in [9.17, 15) is 42.9 Å². The van der Waals surface area contributed by atoms with E-state index in [0.29, 0.717) is 53.3 Å². The minimum Gasteiger partial charge on any atom is -0.394 e. The molecule has 0 aliphatic carbocycles. The SMILES string of the molecule is CCN(CC)c1ccc(NC(=O)c2cccc(CSC(C)(C)CCOC(C)(C)CCC(=O)NC(CO)(CO)CO)c2)c(-c2cc(C(=O)NCc3cccc(C(F)(F)F)c3)ccn2)c1. The lowest BCUT2D eigenvalue weighted by Gasteiger charge is -2.31. The number of carbonyl (C=O) groups excluding carboxylic acids is 3. The Morgan fingerprint density at radius 1 is 0.794 bits per heavy atom. The van der Waals surface area contributed by atoms with Crippen LogP contribution in [0.15, 0.2) is 85.1 Å². The van der Waals surface area contributed by atoms with Crippen molar-refractivity contribution in [1.29, 1.82) is 0 Å². The molecule has 4 rings (SSSR count). The topological polar surface area (TPSA) is 173 Å². The van der Waals surface area contributed by atoms with Crippen molar-refractivity contribution in [3.05, 3.63) is 113 Å². The van der Waals surface area contributed by atoms with Crippen LogP contribution >= 0.6 is 11.8 Å². The fourth-order valence-electron chi connectivity index (χ4n) is 6.53. The molecule has 0 spiro atoms. The van der Waals surface area contributed by atoms with Crippen molar-refractivity contribution in [2.24, 2.45) is 0 Å². The predicted octanol–water partition coefficient (Wildman–Crippen LogP) is 7.61. The Hall–Kier alpha value is -5.00. The van der Waals surface area contributed by atoms with Crippen LogP contribution in [0.2, 0.25) is 0 Å². The summed E-state index contributed by atoms with van der Waals surface area (Å²) in [4.78, 5) is 46.3. The first-order valence-corrected chi connectivity index (χ1v) is 21.9. The monoisotopic (exact) mass is 895 g/mol. The van der Waals surface area contributed by atoms with Crippen LogP contribution in [0.5, 0.6) is 0 Å². The fourth-order valence-corrected chi connectivity index (χ4v) is 7.50. The Morgan fingerprint density at radius 2 is 1.46 bits per heavy atom. The highest BCUT2D eigenvalue weighted by Gasteiger charge is 2.32. The van der Waals surface area contributed by atoms with E-state index in [0.717, 1.165) is 36.5 Å². The number of benzene rings is 3. The molecule has 0 bridgehead atoms. The molecule has 4 aromatic rings. The molecule has 3 aromatic carbocycles. The predicted molar refractivity (Wildman–Crippen MR) is 242 cm³/mol. The quantitative estimate of drug-likeness (QED) is 0.0436. The van der Waals surface area contributed by atoms with Gasteiger partial charge in [-0.2, -0.15) is 24.9 Å².